The smallest absolute Gasteiger partial charge is 0.240 e. The second kappa shape index (κ2) is 5.09. The second-order valence-electron chi connectivity index (χ2n) is 5.83. The Kier molecular flexibility index (Phi) is 3.56. The van der Waals surface area contributed by atoms with Crippen LogP contribution in [0.2, 0.25) is 0 Å². The van der Waals surface area contributed by atoms with Crippen LogP contribution in [0.5, 0.6) is 0 Å². The minimum absolute atomic E-state index is 0.0356. The number of piperidine rings is 1. The largest absolute Gasteiger partial charge is 0.311 e. The molecule has 1 aliphatic heterocycles. The molecule has 2 aliphatic rings. The summed E-state index contributed by atoms with van der Waals surface area (Å²) < 4.78 is 40.2. The molecule has 2 N–H and O–H groups in total. The van der Waals surface area contributed by atoms with Crippen molar-refractivity contribution in [3.8, 4) is 0 Å². The summed E-state index contributed by atoms with van der Waals surface area (Å²) in [5, 5.41) is 3.51. The quantitative estimate of drug-likeness (QED) is 0.894. The zero-order valence-electron chi connectivity index (χ0n) is 11.2. The molecule has 2 fully saturated rings. The third kappa shape index (κ3) is 2.73. The van der Waals surface area contributed by atoms with Gasteiger partial charge >= 0.3 is 0 Å². The molecule has 1 heterocycles. The van der Waals surface area contributed by atoms with Gasteiger partial charge < -0.3 is 5.32 Å². The van der Waals surface area contributed by atoms with Crippen molar-refractivity contribution in [2.45, 2.75) is 48.6 Å². The molecule has 6 heteroatoms. The van der Waals surface area contributed by atoms with Gasteiger partial charge in [-0.1, -0.05) is 0 Å². The normalized spacial score (nSPS) is 25.4. The molecular weight excluding hydrogens is 279 g/mol. The van der Waals surface area contributed by atoms with Crippen LogP contribution in [0.4, 0.5) is 4.39 Å². The maximum absolute atomic E-state index is 12.9. The third-order valence-electron chi connectivity index (χ3n) is 4.39. The van der Waals surface area contributed by atoms with Crippen LogP contribution in [0.15, 0.2) is 29.2 Å². The van der Waals surface area contributed by atoms with Gasteiger partial charge in [-0.05, 0) is 62.9 Å². The van der Waals surface area contributed by atoms with Gasteiger partial charge in [0.2, 0.25) is 10.0 Å². The molecule has 3 rings (SSSR count). The Morgan fingerprint density at radius 2 is 1.95 bits per heavy atom. The average Bonchev–Trinajstić information content (AvgIpc) is 2.37. The molecule has 0 aromatic heterocycles. The van der Waals surface area contributed by atoms with Crippen molar-refractivity contribution in [1.82, 2.24) is 10.0 Å². The Morgan fingerprint density at radius 3 is 2.55 bits per heavy atom. The van der Waals surface area contributed by atoms with Crippen LogP contribution in [0, 0.1) is 5.82 Å². The van der Waals surface area contributed by atoms with E-state index in [4.69, 9.17) is 0 Å². The van der Waals surface area contributed by atoms with E-state index in [0.717, 1.165) is 32.2 Å². The number of halogens is 1. The molecule has 1 atom stereocenters. The highest BCUT2D eigenvalue weighted by atomic mass is 32.2. The molecule has 1 aromatic carbocycles. The van der Waals surface area contributed by atoms with Gasteiger partial charge in [-0.15, -0.1) is 0 Å². The summed E-state index contributed by atoms with van der Waals surface area (Å²) >= 11 is 0. The van der Waals surface area contributed by atoms with Crippen molar-refractivity contribution >= 4 is 10.0 Å². The van der Waals surface area contributed by atoms with Gasteiger partial charge in [-0.2, -0.15) is 0 Å². The highest BCUT2D eigenvalue weighted by Gasteiger charge is 2.41. The zero-order chi connectivity index (χ0) is 14.2. The monoisotopic (exact) mass is 298 g/mol. The summed E-state index contributed by atoms with van der Waals surface area (Å²) in [5.41, 5.74) is 0.147. The predicted octanol–water partition coefficient (Wildman–Crippen LogP) is 1.78. The van der Waals surface area contributed by atoms with E-state index in [-0.39, 0.29) is 16.5 Å². The van der Waals surface area contributed by atoms with Gasteiger partial charge in [0, 0.05) is 11.6 Å². The lowest BCUT2D eigenvalue weighted by Crippen LogP contribution is -2.59. The molecule has 1 saturated heterocycles. The minimum atomic E-state index is -3.56. The fourth-order valence-electron chi connectivity index (χ4n) is 3.14. The van der Waals surface area contributed by atoms with Crippen LogP contribution in [0.1, 0.15) is 32.1 Å². The molecule has 1 aromatic rings. The van der Waals surface area contributed by atoms with Gasteiger partial charge in [0.1, 0.15) is 5.82 Å². The van der Waals surface area contributed by atoms with Gasteiger partial charge in [0.15, 0.2) is 0 Å². The first-order chi connectivity index (χ1) is 9.49. The molecule has 1 saturated carbocycles. The zero-order valence-corrected chi connectivity index (χ0v) is 12.0. The highest BCUT2D eigenvalue weighted by molar-refractivity contribution is 7.89. The molecular formula is C14H19FN2O2S. The van der Waals surface area contributed by atoms with E-state index in [0.29, 0.717) is 0 Å². The van der Waals surface area contributed by atoms with E-state index in [1.165, 1.54) is 30.7 Å². The van der Waals surface area contributed by atoms with E-state index >= 15 is 0 Å². The first-order valence-corrected chi connectivity index (χ1v) is 8.50. The fraction of sp³-hybridized carbons (Fsp3) is 0.571. The summed E-state index contributed by atoms with van der Waals surface area (Å²) in [5.74, 6) is -0.431. The fourth-order valence-corrected chi connectivity index (χ4v) is 4.41. The van der Waals surface area contributed by atoms with Crippen molar-refractivity contribution < 1.29 is 12.8 Å². The van der Waals surface area contributed by atoms with Gasteiger partial charge in [0.25, 0.3) is 0 Å². The first kappa shape index (κ1) is 14.0. The van der Waals surface area contributed by atoms with Crippen LogP contribution >= 0.6 is 0 Å². The van der Waals surface area contributed by atoms with Gasteiger partial charge in [0.05, 0.1) is 4.90 Å². The minimum Gasteiger partial charge on any atom is -0.311 e. The molecule has 1 spiro atoms. The Bertz CT molecular complexity index is 582. The van der Waals surface area contributed by atoms with Crippen LogP contribution in [0.25, 0.3) is 0 Å². The lowest BCUT2D eigenvalue weighted by molar-refractivity contribution is 0.126. The van der Waals surface area contributed by atoms with Crippen molar-refractivity contribution in [3.05, 3.63) is 30.1 Å². The summed E-state index contributed by atoms with van der Waals surface area (Å²) in [6, 6.07) is 4.91. The molecule has 1 unspecified atom stereocenters. The maximum Gasteiger partial charge on any atom is 0.240 e. The molecule has 0 bridgehead atoms. The standard InChI is InChI=1S/C14H19FN2O2S/c15-11-2-4-13(5-3-11)20(18,19)17-12-6-9-16-14(10-12)7-1-8-14/h2-5,12,16-17H,1,6-10H2. The lowest BCUT2D eigenvalue weighted by Gasteiger charge is -2.48. The summed E-state index contributed by atoms with van der Waals surface area (Å²) in [6.07, 6.45) is 5.10. The Balaban J connectivity index is 1.71. The van der Waals surface area contributed by atoms with Crippen molar-refractivity contribution in [1.29, 1.82) is 0 Å². The van der Waals surface area contributed by atoms with Gasteiger partial charge in [-0.3, -0.25) is 0 Å². The molecule has 0 radical (unpaired) electrons. The number of rotatable bonds is 3. The summed E-state index contributed by atoms with van der Waals surface area (Å²) in [4.78, 5) is 0.125. The van der Waals surface area contributed by atoms with E-state index in [9.17, 15) is 12.8 Å². The van der Waals surface area contributed by atoms with E-state index in [2.05, 4.69) is 10.0 Å². The van der Waals surface area contributed by atoms with Gasteiger partial charge in [-0.25, -0.2) is 17.5 Å². The number of sulfonamides is 1. The van der Waals surface area contributed by atoms with Crippen LogP contribution in [-0.4, -0.2) is 26.5 Å². The van der Waals surface area contributed by atoms with Crippen LogP contribution in [0.3, 0.4) is 0 Å². The molecule has 110 valence electrons. The van der Waals surface area contributed by atoms with Crippen LogP contribution < -0.4 is 10.0 Å². The van der Waals surface area contributed by atoms with Crippen LogP contribution in [-0.2, 0) is 10.0 Å². The Hall–Kier alpha value is -0.980. The number of nitrogens with one attached hydrogen (secondary N) is 2. The maximum atomic E-state index is 12.9. The summed E-state index contributed by atoms with van der Waals surface area (Å²) in [7, 11) is -3.56. The van der Waals surface area contributed by atoms with E-state index in [1.807, 2.05) is 0 Å². The van der Waals surface area contributed by atoms with E-state index < -0.39 is 15.8 Å². The Morgan fingerprint density at radius 1 is 1.25 bits per heavy atom. The molecule has 4 nitrogen and oxygen atoms in total. The Labute approximate surface area is 118 Å². The van der Waals surface area contributed by atoms with Crippen molar-refractivity contribution in [2.24, 2.45) is 0 Å². The lowest BCUT2D eigenvalue weighted by atomic mass is 9.70. The predicted molar refractivity (Wildman–Crippen MR) is 74.3 cm³/mol. The average molecular weight is 298 g/mol. The second-order valence-corrected chi connectivity index (χ2v) is 7.54. The molecule has 1 aliphatic carbocycles. The SMILES string of the molecule is O=S(=O)(NC1CCNC2(CCC2)C1)c1ccc(F)cc1. The van der Waals surface area contributed by atoms with E-state index in [1.54, 1.807) is 0 Å². The number of benzene rings is 1. The summed E-state index contributed by atoms with van der Waals surface area (Å²) in [6.45, 7) is 0.844. The number of hydrogen-bond acceptors (Lipinski definition) is 3. The third-order valence-corrected chi connectivity index (χ3v) is 5.92. The number of hydrogen-bond donors (Lipinski definition) is 2. The molecule has 20 heavy (non-hydrogen) atoms. The van der Waals surface area contributed by atoms with Crippen molar-refractivity contribution in [2.75, 3.05) is 6.54 Å². The molecule has 0 amide bonds. The topological polar surface area (TPSA) is 58.2 Å². The first-order valence-electron chi connectivity index (χ1n) is 7.02. The highest BCUT2D eigenvalue weighted by Crippen LogP contribution is 2.38. The van der Waals surface area contributed by atoms with Crippen molar-refractivity contribution in [3.63, 3.8) is 0 Å².